The maximum Gasteiger partial charge on any atom is 0.265 e. The van der Waals surface area contributed by atoms with Crippen molar-refractivity contribution in [3.63, 3.8) is 0 Å². The third-order valence-electron chi connectivity index (χ3n) is 5.33. The molecule has 31 heavy (non-hydrogen) atoms. The number of rotatable bonds is 5. The predicted octanol–water partition coefficient (Wildman–Crippen LogP) is 5.00. The van der Waals surface area contributed by atoms with Crippen LogP contribution in [0.2, 0.25) is 5.02 Å². The molecule has 0 spiro atoms. The van der Waals surface area contributed by atoms with Gasteiger partial charge in [0.15, 0.2) is 0 Å². The van der Waals surface area contributed by atoms with Crippen LogP contribution in [0.4, 0.5) is 5.69 Å². The van der Waals surface area contributed by atoms with E-state index in [1.54, 1.807) is 24.3 Å². The van der Waals surface area contributed by atoms with Crippen LogP contribution in [0.1, 0.15) is 32.0 Å². The van der Waals surface area contributed by atoms with Gasteiger partial charge in [-0.05, 0) is 41.6 Å². The Morgan fingerprint density at radius 2 is 1.81 bits per heavy atom. The van der Waals surface area contributed by atoms with Crippen molar-refractivity contribution in [2.45, 2.75) is 13.0 Å². The summed E-state index contributed by atoms with van der Waals surface area (Å²) in [5.41, 5.74) is 2.26. The van der Waals surface area contributed by atoms with Gasteiger partial charge in [0.2, 0.25) is 0 Å². The van der Waals surface area contributed by atoms with Crippen LogP contribution < -0.4 is 5.32 Å². The van der Waals surface area contributed by atoms with Crippen molar-refractivity contribution < 1.29 is 9.59 Å². The molecule has 1 saturated heterocycles. The van der Waals surface area contributed by atoms with Gasteiger partial charge in [-0.1, -0.05) is 48.0 Å². The average molecular weight is 454 g/mol. The number of anilines is 1. The van der Waals surface area contributed by atoms with Gasteiger partial charge in [0, 0.05) is 38.3 Å². The molecule has 7 heteroatoms. The van der Waals surface area contributed by atoms with Crippen molar-refractivity contribution >= 4 is 40.4 Å². The highest BCUT2D eigenvalue weighted by molar-refractivity contribution is 7.12. The Hall–Kier alpha value is -2.67. The standard InChI is InChI=1S/C24H24ClN3O2S/c25-20-10-9-19(16-21(20)26-23(29)22-8-4-15-31-22)24(30)28-12-5-11-27(13-14-28)17-18-6-2-1-3-7-18/h1-4,6-10,15-16H,5,11-14,17H2,(H,26,29). The second-order valence-corrected chi connectivity index (χ2v) is 8.89. The third kappa shape index (κ3) is 5.53. The molecule has 1 fully saturated rings. The highest BCUT2D eigenvalue weighted by atomic mass is 35.5. The first-order valence-corrected chi connectivity index (χ1v) is 11.6. The van der Waals surface area contributed by atoms with Crippen LogP contribution in [0, 0.1) is 0 Å². The Kier molecular flexibility index (Phi) is 7.02. The molecule has 0 unspecified atom stereocenters. The van der Waals surface area contributed by atoms with Crippen LogP contribution in [0.15, 0.2) is 66.0 Å². The van der Waals surface area contributed by atoms with Gasteiger partial charge in [-0.3, -0.25) is 14.5 Å². The predicted molar refractivity (Wildman–Crippen MR) is 126 cm³/mol. The number of carbonyl (C=O) groups excluding carboxylic acids is 2. The number of amides is 2. The Balaban J connectivity index is 1.41. The van der Waals surface area contributed by atoms with Crippen molar-refractivity contribution in [2.24, 2.45) is 0 Å². The molecule has 0 radical (unpaired) electrons. The van der Waals surface area contributed by atoms with E-state index in [1.165, 1.54) is 16.9 Å². The maximum atomic E-state index is 13.1. The largest absolute Gasteiger partial charge is 0.337 e. The van der Waals surface area contributed by atoms with Crippen LogP contribution in [0.5, 0.6) is 0 Å². The molecule has 0 atom stereocenters. The van der Waals surface area contributed by atoms with E-state index in [9.17, 15) is 9.59 Å². The highest BCUT2D eigenvalue weighted by Gasteiger charge is 2.21. The van der Waals surface area contributed by atoms with Gasteiger partial charge < -0.3 is 10.2 Å². The summed E-state index contributed by atoms with van der Waals surface area (Å²) in [6.45, 7) is 4.06. The molecule has 1 aliphatic heterocycles. The van der Waals surface area contributed by atoms with Crippen molar-refractivity contribution in [1.29, 1.82) is 0 Å². The lowest BCUT2D eigenvalue weighted by Gasteiger charge is -2.22. The zero-order valence-electron chi connectivity index (χ0n) is 17.1. The molecular formula is C24H24ClN3O2S. The minimum Gasteiger partial charge on any atom is -0.337 e. The van der Waals surface area contributed by atoms with E-state index < -0.39 is 0 Å². The fourth-order valence-electron chi connectivity index (χ4n) is 3.70. The van der Waals surface area contributed by atoms with Crippen molar-refractivity contribution in [3.05, 3.63) is 87.1 Å². The van der Waals surface area contributed by atoms with Gasteiger partial charge >= 0.3 is 0 Å². The first kappa shape index (κ1) is 21.6. The van der Waals surface area contributed by atoms with Crippen LogP contribution in [0.25, 0.3) is 0 Å². The molecule has 2 heterocycles. The fraction of sp³-hybridized carbons (Fsp3) is 0.250. The molecule has 1 aliphatic rings. The molecule has 160 valence electrons. The van der Waals surface area contributed by atoms with Gasteiger partial charge in [-0.25, -0.2) is 0 Å². The smallest absolute Gasteiger partial charge is 0.265 e. The summed E-state index contributed by atoms with van der Waals surface area (Å²) in [6, 6.07) is 19.0. The molecule has 2 aromatic carbocycles. The van der Waals surface area contributed by atoms with E-state index in [4.69, 9.17) is 11.6 Å². The lowest BCUT2D eigenvalue weighted by atomic mass is 10.1. The van der Waals surface area contributed by atoms with Gasteiger partial charge in [0.25, 0.3) is 11.8 Å². The molecular weight excluding hydrogens is 430 g/mol. The van der Waals surface area contributed by atoms with Gasteiger partial charge in [0.1, 0.15) is 0 Å². The fourth-order valence-corrected chi connectivity index (χ4v) is 4.49. The van der Waals surface area contributed by atoms with Crippen molar-refractivity contribution in [1.82, 2.24) is 9.80 Å². The Labute approximate surface area is 191 Å². The molecule has 1 aromatic heterocycles. The van der Waals surface area contributed by atoms with Crippen molar-refractivity contribution in [3.8, 4) is 0 Å². The van der Waals surface area contributed by atoms with Gasteiger partial charge in [-0.15, -0.1) is 11.3 Å². The zero-order valence-corrected chi connectivity index (χ0v) is 18.7. The van der Waals surface area contributed by atoms with E-state index in [2.05, 4.69) is 34.5 Å². The summed E-state index contributed by atoms with van der Waals surface area (Å²) in [6.07, 6.45) is 0.925. The molecule has 0 saturated carbocycles. The first-order valence-electron chi connectivity index (χ1n) is 10.3. The number of carbonyl (C=O) groups is 2. The number of nitrogens with zero attached hydrogens (tertiary/aromatic N) is 2. The van der Waals surface area contributed by atoms with Crippen molar-refractivity contribution in [2.75, 3.05) is 31.5 Å². The molecule has 0 aliphatic carbocycles. The summed E-state index contributed by atoms with van der Waals surface area (Å²) in [5, 5.41) is 5.07. The second kappa shape index (κ2) is 10.1. The van der Waals surface area contributed by atoms with Crippen LogP contribution in [0.3, 0.4) is 0 Å². The number of halogens is 1. The van der Waals surface area contributed by atoms with Crippen LogP contribution in [-0.2, 0) is 6.54 Å². The van der Waals surface area contributed by atoms with E-state index in [1.807, 2.05) is 22.4 Å². The summed E-state index contributed by atoms with van der Waals surface area (Å²) >= 11 is 7.63. The number of thiophene rings is 1. The summed E-state index contributed by atoms with van der Waals surface area (Å²) < 4.78 is 0. The summed E-state index contributed by atoms with van der Waals surface area (Å²) in [5.74, 6) is -0.266. The summed E-state index contributed by atoms with van der Waals surface area (Å²) in [7, 11) is 0. The molecule has 1 N–H and O–H groups in total. The SMILES string of the molecule is O=C(Nc1cc(C(=O)N2CCCN(Cc3ccccc3)CC2)ccc1Cl)c1cccs1. The lowest BCUT2D eigenvalue weighted by Crippen LogP contribution is -2.35. The van der Waals surface area contributed by atoms with Gasteiger partial charge in [0.05, 0.1) is 15.6 Å². The quantitative estimate of drug-likeness (QED) is 0.591. The van der Waals surface area contributed by atoms with Crippen LogP contribution >= 0.6 is 22.9 Å². The first-order chi connectivity index (χ1) is 15.1. The molecule has 0 bridgehead atoms. The topological polar surface area (TPSA) is 52.7 Å². The van der Waals surface area contributed by atoms with Crippen LogP contribution in [-0.4, -0.2) is 47.8 Å². The minimum atomic E-state index is -0.229. The van der Waals surface area contributed by atoms with Gasteiger partial charge in [-0.2, -0.15) is 0 Å². The average Bonchev–Trinajstić information content (AvgIpc) is 3.23. The lowest BCUT2D eigenvalue weighted by molar-refractivity contribution is 0.0761. The zero-order chi connectivity index (χ0) is 21.6. The molecule has 5 nitrogen and oxygen atoms in total. The Morgan fingerprint density at radius 1 is 0.968 bits per heavy atom. The Morgan fingerprint density at radius 3 is 2.58 bits per heavy atom. The van der Waals surface area contributed by atoms with E-state index >= 15 is 0 Å². The monoisotopic (exact) mass is 453 g/mol. The minimum absolute atomic E-state index is 0.0372. The van der Waals surface area contributed by atoms with E-state index in [0.717, 1.165) is 26.1 Å². The second-order valence-electron chi connectivity index (χ2n) is 7.53. The van der Waals surface area contributed by atoms with E-state index in [0.29, 0.717) is 34.2 Å². The number of hydrogen-bond donors (Lipinski definition) is 1. The number of hydrogen-bond acceptors (Lipinski definition) is 4. The highest BCUT2D eigenvalue weighted by Crippen LogP contribution is 2.25. The number of benzene rings is 2. The Bertz CT molecular complexity index is 1040. The van der Waals surface area contributed by atoms with E-state index in [-0.39, 0.29) is 11.8 Å². The molecule has 4 rings (SSSR count). The third-order valence-corrected chi connectivity index (χ3v) is 6.53. The summed E-state index contributed by atoms with van der Waals surface area (Å²) in [4.78, 5) is 30.4. The maximum absolute atomic E-state index is 13.1. The molecule has 2 amide bonds. The number of nitrogens with one attached hydrogen (secondary N) is 1. The molecule has 3 aromatic rings. The normalized spacial score (nSPS) is 14.8.